The Morgan fingerprint density at radius 3 is 2.33 bits per heavy atom. The van der Waals surface area contributed by atoms with E-state index in [4.69, 9.17) is 21.1 Å². The van der Waals surface area contributed by atoms with Gasteiger partial charge in [0.05, 0.1) is 0 Å². The first-order chi connectivity index (χ1) is 10.0. The van der Waals surface area contributed by atoms with E-state index in [2.05, 4.69) is 9.97 Å². The molecule has 1 aromatic carbocycles. The minimum atomic E-state index is -1.04. The molecule has 0 bridgehead atoms. The zero-order valence-electron chi connectivity index (χ0n) is 11.2. The Bertz CT molecular complexity index is 659. The van der Waals surface area contributed by atoms with Crippen LogP contribution in [0.2, 0.25) is 5.02 Å². The number of carbonyl (C=O) groups is 1. The molecular weight excluding hydrogens is 363 g/mol. The Morgan fingerprint density at radius 1 is 1.19 bits per heavy atom. The van der Waals surface area contributed by atoms with Crippen LogP contribution in [0.1, 0.15) is 10.4 Å². The summed E-state index contributed by atoms with van der Waals surface area (Å²) in [6.07, 6.45) is 0. The number of carboxylic acid groups (broad SMARTS) is 1. The van der Waals surface area contributed by atoms with Crippen molar-refractivity contribution in [2.24, 2.45) is 0 Å². The average molecular weight is 374 g/mol. The van der Waals surface area contributed by atoms with E-state index in [1.165, 1.54) is 20.3 Å². The molecule has 1 N–H and O–H groups in total. The van der Waals surface area contributed by atoms with Gasteiger partial charge in [-0.3, -0.25) is 0 Å². The van der Waals surface area contributed by atoms with Crippen LogP contribution in [0, 0.1) is 0 Å². The Labute approximate surface area is 132 Å². The number of carboxylic acids is 1. The van der Waals surface area contributed by atoms with Gasteiger partial charge in [-0.1, -0.05) is 0 Å². The van der Waals surface area contributed by atoms with Crippen molar-refractivity contribution in [1.82, 2.24) is 9.97 Å². The molecule has 21 heavy (non-hydrogen) atoms. The molecule has 0 amide bonds. The summed E-state index contributed by atoms with van der Waals surface area (Å²) in [5.74, 6) is -0.307. The zero-order chi connectivity index (χ0) is 15.4. The summed E-state index contributed by atoms with van der Waals surface area (Å²) in [5, 5.41) is 9.60. The van der Waals surface area contributed by atoms with Crippen molar-refractivity contribution in [3.63, 3.8) is 0 Å². The van der Waals surface area contributed by atoms with Crippen molar-refractivity contribution >= 4 is 41.7 Å². The van der Waals surface area contributed by atoms with Crippen molar-refractivity contribution in [2.45, 2.75) is 0 Å². The Balaban J connectivity index is 2.40. The molecule has 6 nitrogen and oxygen atoms in total. The number of rotatable bonds is 5. The second-order valence-corrected chi connectivity index (χ2v) is 6.34. The van der Waals surface area contributed by atoms with Gasteiger partial charge < -0.3 is 0 Å². The number of hydrogen-bond acceptors (Lipinski definition) is 5. The first-order valence-electron chi connectivity index (χ1n) is 5.71. The van der Waals surface area contributed by atoms with Crippen LogP contribution in [-0.2, 0) is 0 Å². The van der Waals surface area contributed by atoms with Gasteiger partial charge in [-0.2, -0.15) is 0 Å². The van der Waals surface area contributed by atoms with E-state index in [1.807, 2.05) is 0 Å². The minimum absolute atomic E-state index is 0.146. The fraction of sp³-hybridized carbons (Fsp3) is 0.154. The molecule has 1 aromatic heterocycles. The van der Waals surface area contributed by atoms with Crippen molar-refractivity contribution in [3.8, 4) is 11.8 Å². The molecule has 2 rings (SSSR count). The van der Waals surface area contributed by atoms with Gasteiger partial charge in [0.15, 0.2) is 0 Å². The third-order valence-corrected chi connectivity index (χ3v) is 4.66. The van der Waals surface area contributed by atoms with Crippen molar-refractivity contribution in [2.75, 3.05) is 14.2 Å². The van der Waals surface area contributed by atoms with E-state index < -0.39 is 20.9 Å². The maximum absolute atomic E-state index is 11.3. The summed E-state index contributed by atoms with van der Waals surface area (Å²) >= 11 is 5.42. The van der Waals surface area contributed by atoms with Crippen molar-refractivity contribution in [1.29, 1.82) is 0 Å². The predicted molar refractivity (Wildman–Crippen MR) is 78.6 cm³/mol. The SMILES string of the molecule is COc1cc(OC)nc([Se]c2ccc(Cl)cc2C(=O)O)n1. The average Bonchev–Trinajstić information content (AvgIpc) is 2.48. The van der Waals surface area contributed by atoms with Crippen LogP contribution >= 0.6 is 11.6 Å². The van der Waals surface area contributed by atoms with E-state index in [-0.39, 0.29) is 5.56 Å². The number of benzene rings is 1. The van der Waals surface area contributed by atoms with Crippen LogP contribution in [0.3, 0.4) is 0 Å². The molecule has 1 heterocycles. The molecule has 0 aliphatic rings. The predicted octanol–water partition coefficient (Wildman–Crippen LogP) is 0.500. The van der Waals surface area contributed by atoms with Crippen LogP contribution in [0.15, 0.2) is 24.3 Å². The number of aromatic carboxylic acids is 1. The fourth-order valence-electron chi connectivity index (χ4n) is 1.50. The molecule has 110 valence electrons. The molecule has 0 saturated carbocycles. The topological polar surface area (TPSA) is 81.5 Å². The summed E-state index contributed by atoms with van der Waals surface area (Å²) in [5.41, 5.74) is 0.146. The molecule has 2 aromatic rings. The second kappa shape index (κ2) is 6.76. The van der Waals surface area contributed by atoms with Gasteiger partial charge in [0.1, 0.15) is 0 Å². The molecule has 0 atom stereocenters. The third-order valence-electron chi connectivity index (χ3n) is 2.45. The zero-order valence-corrected chi connectivity index (χ0v) is 13.6. The molecule has 0 fully saturated rings. The van der Waals surface area contributed by atoms with E-state index in [0.717, 1.165) is 0 Å². The number of nitrogens with zero attached hydrogens (tertiary/aromatic N) is 2. The molecule has 0 aliphatic heterocycles. The quantitative estimate of drug-likeness (QED) is 0.769. The monoisotopic (exact) mass is 374 g/mol. The molecule has 8 heteroatoms. The Hall–Kier alpha value is -1.82. The molecule has 0 spiro atoms. The number of methoxy groups -OCH3 is 2. The summed E-state index contributed by atoms with van der Waals surface area (Å²) < 4.78 is 11.2. The second-order valence-electron chi connectivity index (χ2n) is 3.78. The summed E-state index contributed by atoms with van der Waals surface area (Å²) in [4.78, 5) is 19.7. The Kier molecular flexibility index (Phi) is 5.01. The first kappa shape index (κ1) is 15.6. The van der Waals surface area contributed by atoms with Gasteiger partial charge in [-0.05, 0) is 0 Å². The maximum atomic E-state index is 11.3. The van der Waals surface area contributed by atoms with E-state index in [9.17, 15) is 9.90 Å². The Morgan fingerprint density at radius 2 is 1.81 bits per heavy atom. The fourth-order valence-corrected chi connectivity index (χ4v) is 3.47. The van der Waals surface area contributed by atoms with Gasteiger partial charge in [0, 0.05) is 0 Å². The number of ether oxygens (including phenoxy) is 2. The summed E-state index contributed by atoms with van der Waals surface area (Å²) in [7, 11) is 2.98. The van der Waals surface area contributed by atoms with Crippen LogP contribution in [0.25, 0.3) is 0 Å². The van der Waals surface area contributed by atoms with Crippen LogP contribution in [0.4, 0.5) is 0 Å². The van der Waals surface area contributed by atoms with E-state index >= 15 is 0 Å². The number of hydrogen-bond donors (Lipinski definition) is 1. The summed E-state index contributed by atoms with van der Waals surface area (Å²) in [6.45, 7) is 0. The van der Waals surface area contributed by atoms with Gasteiger partial charge in [-0.25, -0.2) is 0 Å². The van der Waals surface area contributed by atoms with Gasteiger partial charge in [-0.15, -0.1) is 0 Å². The van der Waals surface area contributed by atoms with Gasteiger partial charge in [0.25, 0.3) is 0 Å². The third kappa shape index (κ3) is 3.85. The molecule has 0 aliphatic carbocycles. The molecule has 0 unspecified atom stereocenters. The van der Waals surface area contributed by atoms with Crippen LogP contribution < -0.4 is 18.7 Å². The standard InChI is InChI=1S/C13H11ClN2O4Se/c1-19-10-6-11(20-2)16-13(15-10)21-9-4-3-7(14)5-8(9)12(17)18/h3-6H,1-2H3,(H,17,18). The number of halogens is 1. The van der Waals surface area contributed by atoms with Crippen molar-refractivity contribution < 1.29 is 19.4 Å². The molecule has 0 radical (unpaired) electrons. The van der Waals surface area contributed by atoms with E-state index in [0.29, 0.717) is 26.0 Å². The van der Waals surface area contributed by atoms with E-state index in [1.54, 1.807) is 18.2 Å². The summed E-state index contributed by atoms with van der Waals surface area (Å²) in [6, 6.07) is 6.28. The van der Waals surface area contributed by atoms with Crippen molar-refractivity contribution in [3.05, 3.63) is 34.9 Å². The van der Waals surface area contributed by atoms with Crippen LogP contribution in [0.5, 0.6) is 11.8 Å². The number of aromatic nitrogens is 2. The molecule has 0 saturated heterocycles. The van der Waals surface area contributed by atoms with Gasteiger partial charge >= 0.3 is 132 Å². The van der Waals surface area contributed by atoms with Crippen LogP contribution in [-0.4, -0.2) is 50.2 Å². The molecular formula is C13H11ClN2O4Se. The first-order valence-corrected chi connectivity index (χ1v) is 7.80. The van der Waals surface area contributed by atoms with Gasteiger partial charge in [0.2, 0.25) is 0 Å². The normalized spacial score (nSPS) is 10.2.